The molecule has 4 aromatic carbocycles. The molecule has 0 amide bonds. The highest BCUT2D eigenvalue weighted by atomic mass is 19.1. The van der Waals surface area contributed by atoms with Gasteiger partial charge in [-0.1, -0.05) is 54.0 Å². The first kappa shape index (κ1) is 15.9. The molecule has 2 radical (unpaired) electrons. The van der Waals surface area contributed by atoms with Crippen molar-refractivity contribution in [3.05, 3.63) is 96.8 Å². The highest BCUT2D eigenvalue weighted by Gasteiger charge is 2.13. The average molecular weight is 347 g/mol. The second-order valence-corrected chi connectivity index (χ2v) is 6.68. The van der Waals surface area contributed by atoms with Gasteiger partial charge in [0.05, 0.1) is 11.0 Å². The van der Waals surface area contributed by atoms with Gasteiger partial charge in [0, 0.05) is 16.5 Å². The van der Waals surface area contributed by atoms with Crippen molar-refractivity contribution in [2.75, 3.05) is 0 Å². The zero-order valence-corrected chi connectivity index (χ0v) is 14.6. The number of benzene rings is 4. The van der Waals surface area contributed by atoms with E-state index in [4.69, 9.17) is 7.85 Å². The van der Waals surface area contributed by atoms with E-state index in [1.807, 2.05) is 48.5 Å². The number of nitrogens with zero attached hydrogens (tertiary/aromatic N) is 1. The summed E-state index contributed by atoms with van der Waals surface area (Å²) in [6.45, 7) is 0. The fraction of sp³-hybridized carbons (Fsp3) is 0. The molecule has 27 heavy (non-hydrogen) atoms. The van der Waals surface area contributed by atoms with Crippen LogP contribution in [0.4, 0.5) is 4.39 Å². The molecule has 1 nitrogen and oxygen atoms in total. The molecule has 1 aromatic heterocycles. The van der Waals surface area contributed by atoms with Gasteiger partial charge >= 0.3 is 0 Å². The Bertz CT molecular complexity index is 1270. The predicted molar refractivity (Wildman–Crippen MR) is 112 cm³/mol. The van der Waals surface area contributed by atoms with Crippen molar-refractivity contribution in [3.63, 3.8) is 0 Å². The summed E-state index contributed by atoms with van der Waals surface area (Å²) >= 11 is 0. The molecule has 0 atom stereocenters. The first-order valence-corrected chi connectivity index (χ1v) is 8.86. The fourth-order valence-electron chi connectivity index (χ4n) is 3.70. The third-order valence-corrected chi connectivity index (χ3v) is 5.00. The highest BCUT2D eigenvalue weighted by Crippen LogP contribution is 2.34. The van der Waals surface area contributed by atoms with Crippen molar-refractivity contribution in [2.45, 2.75) is 0 Å². The summed E-state index contributed by atoms with van der Waals surface area (Å²) in [6, 6.07) is 29.3. The predicted octanol–water partition coefficient (Wildman–Crippen LogP) is 5.38. The molecular formula is C24H15BFN. The Morgan fingerprint density at radius 2 is 1.30 bits per heavy atom. The lowest BCUT2D eigenvalue weighted by Gasteiger charge is -2.08. The van der Waals surface area contributed by atoms with Gasteiger partial charge in [0.2, 0.25) is 0 Å². The third-order valence-electron chi connectivity index (χ3n) is 5.00. The van der Waals surface area contributed by atoms with Gasteiger partial charge in [-0.15, -0.1) is 0 Å². The minimum atomic E-state index is -0.231. The largest absolute Gasteiger partial charge is 0.309 e. The van der Waals surface area contributed by atoms with E-state index in [1.165, 1.54) is 22.9 Å². The number of hydrogen-bond acceptors (Lipinski definition) is 0. The van der Waals surface area contributed by atoms with Crippen LogP contribution in [0.15, 0.2) is 91.0 Å². The van der Waals surface area contributed by atoms with Crippen LogP contribution in [0.5, 0.6) is 0 Å². The van der Waals surface area contributed by atoms with Crippen molar-refractivity contribution in [2.24, 2.45) is 0 Å². The molecule has 0 fully saturated rings. The molecule has 0 aliphatic rings. The van der Waals surface area contributed by atoms with E-state index < -0.39 is 0 Å². The Balaban J connectivity index is 1.80. The van der Waals surface area contributed by atoms with Crippen LogP contribution in [0.1, 0.15) is 0 Å². The Morgan fingerprint density at radius 1 is 0.630 bits per heavy atom. The molecule has 0 N–H and O–H groups in total. The van der Waals surface area contributed by atoms with Crippen LogP contribution in [-0.4, -0.2) is 12.4 Å². The maximum absolute atomic E-state index is 13.4. The standard InChI is InChI=1S/C24H15BFN/c25-18-8-5-16(6-9-18)17-7-14-24-22(15-17)21-3-1-2-4-23(21)27(24)20-12-10-19(26)11-13-20/h1-15H. The van der Waals surface area contributed by atoms with E-state index in [0.29, 0.717) is 0 Å². The molecule has 0 saturated heterocycles. The Morgan fingerprint density at radius 3 is 2.07 bits per heavy atom. The summed E-state index contributed by atoms with van der Waals surface area (Å²) in [7, 11) is 5.82. The van der Waals surface area contributed by atoms with E-state index >= 15 is 0 Å². The molecule has 126 valence electrons. The third kappa shape index (κ3) is 2.63. The molecule has 0 bridgehead atoms. The molecule has 0 spiro atoms. The molecule has 0 saturated carbocycles. The molecular weight excluding hydrogens is 332 g/mol. The van der Waals surface area contributed by atoms with Crippen LogP contribution in [0.3, 0.4) is 0 Å². The molecule has 0 aliphatic carbocycles. The van der Waals surface area contributed by atoms with Crippen molar-refractivity contribution in [1.29, 1.82) is 0 Å². The van der Waals surface area contributed by atoms with Crippen LogP contribution < -0.4 is 5.46 Å². The smallest absolute Gasteiger partial charge is 0.123 e. The molecule has 0 aliphatic heterocycles. The first-order chi connectivity index (χ1) is 13.2. The minimum Gasteiger partial charge on any atom is -0.309 e. The minimum absolute atomic E-state index is 0.231. The van der Waals surface area contributed by atoms with E-state index in [9.17, 15) is 4.39 Å². The maximum atomic E-state index is 13.4. The molecule has 0 unspecified atom stereocenters. The molecule has 3 heteroatoms. The van der Waals surface area contributed by atoms with Crippen LogP contribution >= 0.6 is 0 Å². The van der Waals surface area contributed by atoms with Gasteiger partial charge in [-0.25, -0.2) is 4.39 Å². The van der Waals surface area contributed by atoms with Gasteiger partial charge in [-0.05, 0) is 53.6 Å². The van der Waals surface area contributed by atoms with E-state index in [0.717, 1.165) is 33.3 Å². The maximum Gasteiger partial charge on any atom is 0.123 e. The lowest BCUT2D eigenvalue weighted by molar-refractivity contribution is 0.627. The molecule has 1 heterocycles. The lowest BCUT2D eigenvalue weighted by Crippen LogP contribution is -1.99. The summed E-state index contributed by atoms with van der Waals surface area (Å²) in [5, 5.41) is 2.35. The van der Waals surface area contributed by atoms with Crippen LogP contribution in [0.2, 0.25) is 0 Å². The second kappa shape index (κ2) is 6.13. The lowest BCUT2D eigenvalue weighted by atomic mass is 9.93. The fourth-order valence-corrected chi connectivity index (χ4v) is 3.70. The Labute approximate surface area is 158 Å². The second-order valence-electron chi connectivity index (χ2n) is 6.68. The van der Waals surface area contributed by atoms with Gasteiger partial charge in [0.25, 0.3) is 0 Å². The summed E-state index contributed by atoms with van der Waals surface area (Å²) in [4.78, 5) is 0. The summed E-state index contributed by atoms with van der Waals surface area (Å²) in [5.74, 6) is -0.231. The zero-order chi connectivity index (χ0) is 18.4. The number of para-hydroxylation sites is 1. The van der Waals surface area contributed by atoms with Crippen molar-refractivity contribution < 1.29 is 4.39 Å². The normalized spacial score (nSPS) is 11.3. The van der Waals surface area contributed by atoms with Gasteiger partial charge in [0.1, 0.15) is 13.7 Å². The van der Waals surface area contributed by atoms with E-state index in [2.05, 4.69) is 34.9 Å². The number of rotatable bonds is 2. The average Bonchev–Trinajstić information content (AvgIpc) is 3.03. The van der Waals surface area contributed by atoms with Gasteiger partial charge in [-0.2, -0.15) is 0 Å². The number of halogens is 1. The van der Waals surface area contributed by atoms with Crippen LogP contribution in [0, 0.1) is 5.82 Å². The number of aromatic nitrogens is 1. The van der Waals surface area contributed by atoms with Crippen LogP contribution in [0.25, 0.3) is 38.6 Å². The number of fused-ring (bicyclic) bond motifs is 3. The Hall–Kier alpha value is -3.33. The zero-order valence-electron chi connectivity index (χ0n) is 14.6. The van der Waals surface area contributed by atoms with E-state index in [-0.39, 0.29) is 5.82 Å². The molecule has 5 aromatic rings. The van der Waals surface area contributed by atoms with Crippen molar-refractivity contribution in [1.82, 2.24) is 4.57 Å². The monoisotopic (exact) mass is 347 g/mol. The number of hydrogen-bond donors (Lipinski definition) is 0. The van der Waals surface area contributed by atoms with Gasteiger partial charge in [0.15, 0.2) is 0 Å². The summed E-state index contributed by atoms with van der Waals surface area (Å²) < 4.78 is 15.6. The summed E-state index contributed by atoms with van der Waals surface area (Å²) in [6.07, 6.45) is 0. The molecule has 5 rings (SSSR count). The van der Waals surface area contributed by atoms with Gasteiger partial charge < -0.3 is 4.57 Å². The SMILES string of the molecule is [B]c1ccc(-c2ccc3c(c2)c2ccccc2n3-c2ccc(F)cc2)cc1. The summed E-state index contributed by atoms with van der Waals surface area (Å²) in [5.41, 5.74) is 6.18. The van der Waals surface area contributed by atoms with Crippen molar-refractivity contribution >= 4 is 35.1 Å². The topological polar surface area (TPSA) is 4.93 Å². The van der Waals surface area contributed by atoms with E-state index in [1.54, 1.807) is 0 Å². The first-order valence-electron chi connectivity index (χ1n) is 8.86. The quantitative estimate of drug-likeness (QED) is 0.378. The van der Waals surface area contributed by atoms with Crippen molar-refractivity contribution in [3.8, 4) is 16.8 Å². The Kier molecular flexibility index (Phi) is 3.61. The highest BCUT2D eigenvalue weighted by molar-refractivity contribution is 6.32. The van der Waals surface area contributed by atoms with Gasteiger partial charge in [-0.3, -0.25) is 0 Å². The van der Waals surface area contributed by atoms with Crippen LogP contribution in [-0.2, 0) is 0 Å².